The van der Waals surface area contributed by atoms with Gasteiger partial charge in [-0.3, -0.25) is 0 Å². The van der Waals surface area contributed by atoms with Gasteiger partial charge in [-0.25, -0.2) is 0 Å². The van der Waals surface area contributed by atoms with Crippen molar-refractivity contribution < 1.29 is 4.74 Å². The molecule has 0 bridgehead atoms. The van der Waals surface area contributed by atoms with Crippen molar-refractivity contribution in [1.82, 2.24) is 5.32 Å². The van der Waals surface area contributed by atoms with E-state index in [0.29, 0.717) is 12.1 Å². The van der Waals surface area contributed by atoms with Gasteiger partial charge in [-0.15, -0.1) is 0 Å². The average molecular weight is 289 g/mol. The van der Waals surface area contributed by atoms with Gasteiger partial charge in [-0.2, -0.15) is 0 Å². The molecule has 1 aliphatic rings. The Balaban J connectivity index is 2.06. The van der Waals surface area contributed by atoms with E-state index in [4.69, 9.17) is 4.74 Å². The van der Waals surface area contributed by atoms with Crippen molar-refractivity contribution in [1.29, 1.82) is 0 Å². The van der Waals surface area contributed by atoms with E-state index in [1.807, 2.05) is 0 Å². The van der Waals surface area contributed by atoms with Gasteiger partial charge in [-0.05, 0) is 49.8 Å². The van der Waals surface area contributed by atoms with Crippen LogP contribution in [0.25, 0.3) is 0 Å². The summed E-state index contributed by atoms with van der Waals surface area (Å²) in [5.74, 6) is 0. The van der Waals surface area contributed by atoms with Gasteiger partial charge in [-0.1, -0.05) is 51.0 Å². The van der Waals surface area contributed by atoms with Crippen LogP contribution < -0.4 is 5.32 Å². The van der Waals surface area contributed by atoms with Crippen LogP contribution in [0.5, 0.6) is 0 Å². The Kier molecular flexibility index (Phi) is 7.25. The van der Waals surface area contributed by atoms with Crippen LogP contribution in [0, 0.1) is 0 Å². The lowest BCUT2D eigenvalue weighted by molar-refractivity contribution is 0.0189. The predicted molar refractivity (Wildman–Crippen MR) is 89.7 cm³/mol. The second kappa shape index (κ2) is 9.22. The molecule has 1 aliphatic carbocycles. The zero-order valence-electron chi connectivity index (χ0n) is 13.7. The lowest BCUT2D eigenvalue weighted by atomic mass is 9.97. The molecule has 118 valence electrons. The molecule has 0 spiro atoms. The highest BCUT2D eigenvalue weighted by Gasteiger charge is 2.27. The fourth-order valence-corrected chi connectivity index (χ4v) is 3.23. The van der Waals surface area contributed by atoms with Crippen LogP contribution in [0.15, 0.2) is 24.3 Å². The number of aryl methyl sites for hydroxylation is 1. The van der Waals surface area contributed by atoms with Gasteiger partial charge in [0.25, 0.3) is 0 Å². The molecular weight excluding hydrogens is 258 g/mol. The van der Waals surface area contributed by atoms with Crippen LogP contribution in [0.3, 0.4) is 0 Å². The lowest BCUT2D eigenvalue weighted by Gasteiger charge is -2.28. The molecule has 2 unspecified atom stereocenters. The van der Waals surface area contributed by atoms with Gasteiger partial charge >= 0.3 is 0 Å². The fourth-order valence-electron chi connectivity index (χ4n) is 3.23. The van der Waals surface area contributed by atoms with Crippen molar-refractivity contribution in [3.63, 3.8) is 0 Å². The van der Waals surface area contributed by atoms with Crippen molar-refractivity contribution in [3.05, 3.63) is 35.4 Å². The maximum absolute atomic E-state index is 6.27. The zero-order chi connectivity index (χ0) is 14.9. The first kappa shape index (κ1) is 16.5. The maximum Gasteiger partial charge on any atom is 0.0769 e. The smallest absolute Gasteiger partial charge is 0.0769 e. The summed E-state index contributed by atoms with van der Waals surface area (Å²) < 4.78 is 6.27. The topological polar surface area (TPSA) is 21.3 Å². The van der Waals surface area contributed by atoms with Crippen molar-refractivity contribution in [2.75, 3.05) is 13.2 Å². The molecule has 2 nitrogen and oxygen atoms in total. The summed E-state index contributed by atoms with van der Waals surface area (Å²) in [6, 6.07) is 9.27. The summed E-state index contributed by atoms with van der Waals surface area (Å²) >= 11 is 0. The standard InChI is InChI=1S/C19H31NO/c1-3-5-8-15-21-18-13-9-11-16-10-6-7-12-17(16)19(18)20-14-4-2/h6-7,10,12,18-20H,3-5,8-9,11,13-15H2,1-2H3. The van der Waals surface area contributed by atoms with Crippen LogP contribution >= 0.6 is 0 Å². The van der Waals surface area contributed by atoms with E-state index in [-0.39, 0.29) is 0 Å². The van der Waals surface area contributed by atoms with Crippen LogP contribution in [0.1, 0.15) is 69.5 Å². The average Bonchev–Trinajstić information content (AvgIpc) is 2.69. The van der Waals surface area contributed by atoms with Crippen molar-refractivity contribution in [2.24, 2.45) is 0 Å². The van der Waals surface area contributed by atoms with Crippen molar-refractivity contribution in [3.8, 4) is 0 Å². The maximum atomic E-state index is 6.27. The summed E-state index contributed by atoms with van der Waals surface area (Å²) in [7, 11) is 0. The van der Waals surface area contributed by atoms with Crippen molar-refractivity contribution >= 4 is 0 Å². The normalized spacial score (nSPS) is 21.8. The van der Waals surface area contributed by atoms with E-state index >= 15 is 0 Å². The van der Waals surface area contributed by atoms with Gasteiger partial charge in [0.2, 0.25) is 0 Å². The van der Waals surface area contributed by atoms with Gasteiger partial charge in [0.15, 0.2) is 0 Å². The molecule has 21 heavy (non-hydrogen) atoms. The minimum atomic E-state index is 0.331. The number of nitrogens with one attached hydrogen (secondary N) is 1. The Labute approximate surface area is 130 Å². The van der Waals surface area contributed by atoms with E-state index in [1.54, 1.807) is 0 Å². The zero-order valence-corrected chi connectivity index (χ0v) is 13.7. The molecule has 1 N–H and O–H groups in total. The molecule has 0 aromatic heterocycles. The number of hydrogen-bond acceptors (Lipinski definition) is 2. The first-order chi connectivity index (χ1) is 10.4. The third-order valence-corrected chi connectivity index (χ3v) is 4.39. The Morgan fingerprint density at radius 2 is 2.00 bits per heavy atom. The fraction of sp³-hybridized carbons (Fsp3) is 0.684. The molecule has 0 heterocycles. The molecule has 0 saturated heterocycles. The first-order valence-electron chi connectivity index (χ1n) is 8.79. The molecule has 0 aliphatic heterocycles. The number of unbranched alkanes of at least 4 members (excludes halogenated alkanes) is 2. The largest absolute Gasteiger partial charge is 0.376 e. The van der Waals surface area contributed by atoms with E-state index < -0.39 is 0 Å². The molecule has 1 aromatic rings. The third-order valence-electron chi connectivity index (χ3n) is 4.39. The molecule has 0 radical (unpaired) electrons. The van der Waals surface area contributed by atoms with Crippen LogP contribution in [0.2, 0.25) is 0 Å². The molecule has 1 aromatic carbocycles. The number of rotatable bonds is 8. The first-order valence-corrected chi connectivity index (χ1v) is 8.79. The third kappa shape index (κ3) is 4.82. The molecule has 0 amide bonds. The number of benzene rings is 1. The SMILES string of the molecule is CCCCCOC1CCCc2ccccc2C1NCCC. The van der Waals surface area contributed by atoms with Crippen LogP contribution in [-0.2, 0) is 11.2 Å². The summed E-state index contributed by atoms with van der Waals surface area (Å²) in [5.41, 5.74) is 2.97. The molecule has 0 saturated carbocycles. The van der Waals surface area contributed by atoms with E-state index in [2.05, 4.69) is 43.4 Å². The highest BCUT2D eigenvalue weighted by molar-refractivity contribution is 5.32. The molecule has 2 atom stereocenters. The minimum absolute atomic E-state index is 0.331. The number of hydrogen-bond donors (Lipinski definition) is 1. The highest BCUT2D eigenvalue weighted by Crippen LogP contribution is 2.31. The summed E-state index contributed by atoms with van der Waals surface area (Å²) in [4.78, 5) is 0. The number of ether oxygens (including phenoxy) is 1. The van der Waals surface area contributed by atoms with E-state index in [9.17, 15) is 0 Å². The molecule has 2 rings (SSSR count). The van der Waals surface area contributed by atoms with Crippen LogP contribution in [-0.4, -0.2) is 19.3 Å². The lowest BCUT2D eigenvalue weighted by Crippen LogP contribution is -2.34. The Morgan fingerprint density at radius 3 is 2.81 bits per heavy atom. The molecule has 0 fully saturated rings. The minimum Gasteiger partial charge on any atom is -0.376 e. The van der Waals surface area contributed by atoms with Gasteiger partial charge in [0.05, 0.1) is 12.1 Å². The molecule has 2 heteroatoms. The second-order valence-electron chi connectivity index (χ2n) is 6.14. The quantitative estimate of drug-likeness (QED) is 0.556. The van der Waals surface area contributed by atoms with E-state index in [1.165, 1.54) is 56.1 Å². The van der Waals surface area contributed by atoms with E-state index in [0.717, 1.165) is 13.2 Å². The van der Waals surface area contributed by atoms with Gasteiger partial charge in [0, 0.05) is 6.61 Å². The Hall–Kier alpha value is -0.860. The monoisotopic (exact) mass is 289 g/mol. The summed E-state index contributed by atoms with van der Waals surface area (Å²) in [6.45, 7) is 6.44. The number of fused-ring (bicyclic) bond motifs is 1. The predicted octanol–water partition coefficient (Wildman–Crippen LogP) is 4.64. The molecular formula is C19H31NO. The Morgan fingerprint density at radius 1 is 1.14 bits per heavy atom. The van der Waals surface area contributed by atoms with Crippen LogP contribution in [0.4, 0.5) is 0 Å². The summed E-state index contributed by atoms with van der Waals surface area (Å²) in [5, 5.41) is 3.73. The summed E-state index contributed by atoms with van der Waals surface area (Å²) in [6.07, 6.45) is 8.82. The van der Waals surface area contributed by atoms with Gasteiger partial charge < -0.3 is 10.1 Å². The van der Waals surface area contributed by atoms with Crippen molar-refractivity contribution in [2.45, 2.75) is 70.9 Å². The van der Waals surface area contributed by atoms with Gasteiger partial charge in [0.1, 0.15) is 0 Å². The Bertz CT molecular complexity index is 404. The second-order valence-corrected chi connectivity index (χ2v) is 6.14. The highest BCUT2D eigenvalue weighted by atomic mass is 16.5.